The number of aryl methyl sites for hydroxylation is 1. The Hall–Kier alpha value is -1.33. The molecule has 6 heteroatoms. The maximum Gasteiger partial charge on any atom is 0.129 e. The molecule has 2 nitrogen and oxygen atoms in total. The van der Waals surface area contributed by atoms with E-state index in [0.717, 1.165) is 27.1 Å². The van der Waals surface area contributed by atoms with Gasteiger partial charge in [-0.3, -0.25) is 3.96 Å². The van der Waals surface area contributed by atoms with Crippen LogP contribution >= 0.6 is 47.0 Å². The van der Waals surface area contributed by atoms with Gasteiger partial charge in [-0.05, 0) is 44.5 Å². The summed E-state index contributed by atoms with van der Waals surface area (Å²) in [5, 5.41) is 4.88. The largest absolute Gasteiger partial charge is 0.374 e. The fourth-order valence-electron chi connectivity index (χ4n) is 3.28. The predicted molar refractivity (Wildman–Crippen MR) is 111 cm³/mol. The van der Waals surface area contributed by atoms with Crippen LogP contribution in [0.25, 0.3) is 16.8 Å². The van der Waals surface area contributed by atoms with E-state index >= 15 is 0 Å². The number of para-hydroxylation sites is 1. The second kappa shape index (κ2) is 5.85. The molecular formula is C19H16Cl2N2S2. The molecule has 1 aliphatic rings. The lowest BCUT2D eigenvalue weighted by Crippen LogP contribution is -2.31. The van der Waals surface area contributed by atoms with Crippen LogP contribution in [0.2, 0.25) is 10.0 Å². The van der Waals surface area contributed by atoms with E-state index in [2.05, 4.69) is 44.3 Å². The van der Waals surface area contributed by atoms with Crippen molar-refractivity contribution in [1.82, 2.24) is 3.96 Å². The summed E-state index contributed by atoms with van der Waals surface area (Å²) in [4.78, 5) is 1.21. The molecule has 2 heterocycles. The van der Waals surface area contributed by atoms with Gasteiger partial charge in [-0.2, -0.15) is 0 Å². The Morgan fingerprint density at radius 1 is 1.12 bits per heavy atom. The van der Waals surface area contributed by atoms with Crippen LogP contribution in [0.15, 0.2) is 36.4 Å². The first-order chi connectivity index (χ1) is 11.8. The summed E-state index contributed by atoms with van der Waals surface area (Å²) in [5.74, 6) is 0. The Balaban J connectivity index is 2.04. The van der Waals surface area contributed by atoms with Crippen molar-refractivity contribution in [1.29, 1.82) is 0 Å². The lowest BCUT2D eigenvalue weighted by atomic mass is 9.88. The molecule has 25 heavy (non-hydrogen) atoms. The van der Waals surface area contributed by atoms with E-state index in [4.69, 9.17) is 35.4 Å². The van der Waals surface area contributed by atoms with Gasteiger partial charge in [0.2, 0.25) is 0 Å². The first kappa shape index (κ1) is 17.1. The molecule has 0 unspecified atom stereocenters. The quantitative estimate of drug-likeness (QED) is 0.429. The fraction of sp³-hybridized carbons (Fsp3) is 0.211. The second-order valence-electron chi connectivity index (χ2n) is 6.77. The molecule has 0 fully saturated rings. The third-order valence-electron chi connectivity index (χ3n) is 4.44. The molecule has 4 rings (SSSR count). The van der Waals surface area contributed by atoms with Crippen LogP contribution in [0.1, 0.15) is 24.3 Å². The van der Waals surface area contributed by atoms with Gasteiger partial charge in [-0.25, -0.2) is 0 Å². The number of hydrogen-bond donors (Lipinski definition) is 1. The number of nitrogens with one attached hydrogen (secondary N) is 1. The van der Waals surface area contributed by atoms with Gasteiger partial charge in [-0.1, -0.05) is 65.2 Å². The van der Waals surface area contributed by atoms with Crippen LogP contribution in [0.3, 0.4) is 0 Å². The van der Waals surface area contributed by atoms with Crippen LogP contribution in [0.5, 0.6) is 0 Å². The minimum Gasteiger partial charge on any atom is -0.374 e. The molecule has 2 aromatic carbocycles. The van der Waals surface area contributed by atoms with Crippen LogP contribution in [0, 0.1) is 11.6 Å². The number of nitrogens with zero attached hydrogens (tertiary/aromatic N) is 1. The molecule has 0 saturated carbocycles. The van der Waals surface area contributed by atoms with Crippen LogP contribution < -0.4 is 5.32 Å². The van der Waals surface area contributed by atoms with E-state index in [-0.39, 0.29) is 5.54 Å². The number of hydrogen-bond acceptors (Lipinski definition) is 3. The average Bonchev–Trinajstić information content (AvgIpc) is 2.87. The molecule has 1 N–H and O–H groups in total. The maximum atomic E-state index is 6.20. The number of anilines is 1. The molecular weight excluding hydrogens is 391 g/mol. The highest BCUT2D eigenvalue weighted by molar-refractivity contribution is 7.71. The second-order valence-corrected chi connectivity index (χ2v) is 8.99. The summed E-state index contributed by atoms with van der Waals surface area (Å²) in [7, 11) is 0. The summed E-state index contributed by atoms with van der Waals surface area (Å²) in [5.41, 5.74) is 5.34. The molecule has 0 radical (unpaired) electrons. The van der Waals surface area contributed by atoms with Crippen molar-refractivity contribution in [2.45, 2.75) is 26.3 Å². The molecule has 1 aromatic heterocycles. The van der Waals surface area contributed by atoms with Crippen molar-refractivity contribution in [3.8, 4) is 16.8 Å². The smallest absolute Gasteiger partial charge is 0.129 e. The van der Waals surface area contributed by atoms with E-state index in [0.29, 0.717) is 10.0 Å². The Bertz CT molecular complexity index is 1040. The van der Waals surface area contributed by atoms with Crippen molar-refractivity contribution < 1.29 is 0 Å². The molecule has 3 aromatic rings. The zero-order valence-electron chi connectivity index (χ0n) is 14.0. The Labute approximate surface area is 166 Å². The number of fused-ring (bicyclic) bond motifs is 3. The third kappa shape index (κ3) is 2.72. The summed E-state index contributed by atoms with van der Waals surface area (Å²) >= 11 is 19.9. The minimum atomic E-state index is -0.208. The zero-order valence-corrected chi connectivity index (χ0v) is 17.1. The summed E-state index contributed by atoms with van der Waals surface area (Å²) in [6.07, 6.45) is 0. The standard InChI is InChI=1S/C19H16Cl2N2S2/c1-10-5-4-6-14-15-17(19(2,3)22-16(10)14)25-23(18(15)24)13-8-11(20)7-12(21)9-13/h4-9,22H,1-3H3. The van der Waals surface area contributed by atoms with Crippen LogP contribution in [-0.4, -0.2) is 3.96 Å². The fourth-order valence-corrected chi connectivity index (χ4v) is 5.43. The first-order valence-corrected chi connectivity index (χ1v) is 9.83. The lowest BCUT2D eigenvalue weighted by Gasteiger charge is -2.34. The number of halogens is 2. The van der Waals surface area contributed by atoms with Gasteiger partial charge in [0.25, 0.3) is 0 Å². The highest BCUT2D eigenvalue weighted by Crippen LogP contribution is 2.48. The van der Waals surface area contributed by atoms with E-state index in [1.807, 2.05) is 16.1 Å². The van der Waals surface area contributed by atoms with Crippen LogP contribution in [0.4, 0.5) is 5.69 Å². The number of aromatic nitrogens is 1. The molecule has 0 saturated heterocycles. The van der Waals surface area contributed by atoms with E-state index in [1.54, 1.807) is 17.6 Å². The number of rotatable bonds is 1. The summed E-state index contributed by atoms with van der Waals surface area (Å²) in [6.45, 7) is 6.48. The van der Waals surface area contributed by atoms with Crippen molar-refractivity contribution in [2.75, 3.05) is 5.32 Å². The monoisotopic (exact) mass is 406 g/mol. The Morgan fingerprint density at radius 3 is 2.48 bits per heavy atom. The number of benzene rings is 2. The van der Waals surface area contributed by atoms with E-state index in [1.165, 1.54) is 10.4 Å². The first-order valence-electron chi connectivity index (χ1n) is 7.89. The average molecular weight is 407 g/mol. The summed E-state index contributed by atoms with van der Waals surface area (Å²) < 4.78 is 2.83. The molecule has 0 bridgehead atoms. The van der Waals surface area contributed by atoms with E-state index < -0.39 is 0 Å². The van der Waals surface area contributed by atoms with Gasteiger partial charge in [0, 0.05) is 26.9 Å². The van der Waals surface area contributed by atoms with Crippen molar-refractivity contribution >= 4 is 52.6 Å². The zero-order chi connectivity index (χ0) is 17.9. The van der Waals surface area contributed by atoms with Gasteiger partial charge in [0.15, 0.2) is 0 Å². The predicted octanol–water partition coefficient (Wildman–Crippen LogP) is 7.21. The Morgan fingerprint density at radius 2 is 1.80 bits per heavy atom. The normalized spacial score (nSPS) is 14.6. The van der Waals surface area contributed by atoms with Gasteiger partial charge in [0.1, 0.15) is 4.64 Å². The summed E-state index contributed by atoms with van der Waals surface area (Å²) in [6, 6.07) is 11.8. The molecule has 0 aliphatic carbocycles. The van der Waals surface area contributed by atoms with Crippen molar-refractivity contribution in [3.63, 3.8) is 0 Å². The molecule has 0 amide bonds. The van der Waals surface area contributed by atoms with Crippen molar-refractivity contribution in [2.24, 2.45) is 0 Å². The highest BCUT2D eigenvalue weighted by Gasteiger charge is 2.35. The molecule has 0 atom stereocenters. The van der Waals surface area contributed by atoms with Crippen molar-refractivity contribution in [3.05, 3.63) is 61.5 Å². The molecule has 0 spiro atoms. The van der Waals surface area contributed by atoms with Gasteiger partial charge in [-0.15, -0.1) is 0 Å². The minimum absolute atomic E-state index is 0.208. The van der Waals surface area contributed by atoms with Crippen LogP contribution in [-0.2, 0) is 5.54 Å². The van der Waals surface area contributed by atoms with Gasteiger partial charge in [0.05, 0.1) is 16.1 Å². The maximum absolute atomic E-state index is 6.20. The topological polar surface area (TPSA) is 17.0 Å². The third-order valence-corrected chi connectivity index (χ3v) is 6.85. The Kier molecular flexibility index (Phi) is 4.00. The van der Waals surface area contributed by atoms with Gasteiger partial charge < -0.3 is 5.32 Å². The molecule has 128 valence electrons. The van der Waals surface area contributed by atoms with Gasteiger partial charge >= 0.3 is 0 Å². The lowest BCUT2D eigenvalue weighted by molar-refractivity contribution is 0.619. The SMILES string of the molecule is Cc1cccc2c1NC(C)(C)c1sn(-c3cc(Cl)cc(Cl)c3)c(=S)c1-2. The molecule has 1 aliphatic heterocycles. The van der Waals surface area contributed by atoms with E-state index in [9.17, 15) is 0 Å². The highest BCUT2D eigenvalue weighted by atomic mass is 35.5.